The highest BCUT2D eigenvalue weighted by molar-refractivity contribution is 6.31. The summed E-state index contributed by atoms with van der Waals surface area (Å²) in [6, 6.07) is 1.08. The number of hydrazine groups is 1. The van der Waals surface area contributed by atoms with Crippen molar-refractivity contribution >= 4 is 23.0 Å². The van der Waals surface area contributed by atoms with Gasteiger partial charge in [0.1, 0.15) is 5.69 Å². The summed E-state index contributed by atoms with van der Waals surface area (Å²) >= 11 is 5.33. The summed E-state index contributed by atoms with van der Waals surface area (Å²) in [5.41, 5.74) is -0.456. The van der Waals surface area contributed by atoms with E-state index in [9.17, 15) is 23.3 Å². The highest BCUT2D eigenvalue weighted by Gasteiger charge is 2.35. The van der Waals surface area contributed by atoms with Crippen LogP contribution in [-0.2, 0) is 6.18 Å². The van der Waals surface area contributed by atoms with E-state index in [1.807, 2.05) is 5.43 Å². The van der Waals surface area contributed by atoms with Crippen molar-refractivity contribution in [1.82, 2.24) is 0 Å². The lowest BCUT2D eigenvalue weighted by molar-refractivity contribution is -0.384. The first kappa shape index (κ1) is 12.5. The molecular weight excluding hydrogens is 251 g/mol. The van der Waals surface area contributed by atoms with Gasteiger partial charge in [-0.3, -0.25) is 16.0 Å². The molecule has 0 radical (unpaired) electrons. The van der Waals surface area contributed by atoms with Gasteiger partial charge in [0.2, 0.25) is 0 Å². The lowest BCUT2D eigenvalue weighted by atomic mass is 10.1. The highest BCUT2D eigenvalue weighted by Crippen LogP contribution is 2.39. The number of nitrogens with zero attached hydrogens (tertiary/aromatic N) is 1. The lowest BCUT2D eigenvalue weighted by Gasteiger charge is -2.10. The molecule has 1 aromatic rings. The number of hydrogen-bond donors (Lipinski definition) is 2. The molecule has 0 aliphatic heterocycles. The molecule has 88 valence electrons. The standard InChI is InChI=1S/C7H5ClF3N3O2/c8-4-2-5(13-12)6(14(15)16)1-3(4)7(9,10)11/h1-2,13H,12H2. The number of nitro groups is 1. The zero-order valence-electron chi connectivity index (χ0n) is 7.51. The third-order valence-corrected chi connectivity index (χ3v) is 2.06. The van der Waals surface area contributed by atoms with Crippen LogP contribution < -0.4 is 11.3 Å². The third-order valence-electron chi connectivity index (χ3n) is 1.74. The van der Waals surface area contributed by atoms with Gasteiger partial charge >= 0.3 is 6.18 Å². The minimum atomic E-state index is -4.75. The van der Waals surface area contributed by atoms with Crippen molar-refractivity contribution in [2.45, 2.75) is 6.18 Å². The van der Waals surface area contributed by atoms with Crippen LogP contribution in [0.15, 0.2) is 12.1 Å². The van der Waals surface area contributed by atoms with E-state index in [4.69, 9.17) is 17.4 Å². The van der Waals surface area contributed by atoms with Crippen LogP contribution in [0.4, 0.5) is 24.5 Å². The van der Waals surface area contributed by atoms with Gasteiger partial charge in [0.05, 0.1) is 15.5 Å². The van der Waals surface area contributed by atoms with Crippen LogP contribution in [0.3, 0.4) is 0 Å². The van der Waals surface area contributed by atoms with E-state index in [1.54, 1.807) is 0 Å². The fourth-order valence-electron chi connectivity index (χ4n) is 1.05. The minimum absolute atomic E-state index is 0.289. The smallest absolute Gasteiger partial charge is 0.318 e. The number of halogens is 4. The van der Waals surface area contributed by atoms with Crippen LogP contribution in [0.1, 0.15) is 5.56 Å². The molecule has 9 heteroatoms. The number of benzene rings is 1. The van der Waals surface area contributed by atoms with Crippen LogP contribution in [0.5, 0.6) is 0 Å². The van der Waals surface area contributed by atoms with E-state index >= 15 is 0 Å². The van der Waals surface area contributed by atoms with E-state index in [0.717, 1.165) is 6.07 Å². The molecule has 1 aromatic carbocycles. The van der Waals surface area contributed by atoms with Crippen LogP contribution in [0.2, 0.25) is 5.02 Å². The predicted molar refractivity (Wildman–Crippen MR) is 50.9 cm³/mol. The number of nitrogens with two attached hydrogens (primary N) is 1. The van der Waals surface area contributed by atoms with Crippen molar-refractivity contribution in [3.8, 4) is 0 Å². The van der Waals surface area contributed by atoms with Crippen molar-refractivity contribution in [1.29, 1.82) is 0 Å². The Morgan fingerprint density at radius 3 is 2.38 bits per heavy atom. The molecule has 0 bridgehead atoms. The van der Waals surface area contributed by atoms with E-state index in [2.05, 4.69) is 0 Å². The van der Waals surface area contributed by atoms with E-state index < -0.39 is 27.4 Å². The zero-order valence-corrected chi connectivity index (χ0v) is 8.26. The van der Waals surface area contributed by atoms with Crippen molar-refractivity contribution in [3.05, 3.63) is 32.8 Å². The van der Waals surface area contributed by atoms with Gasteiger partial charge in [0.25, 0.3) is 5.69 Å². The molecule has 0 fully saturated rings. The average Bonchev–Trinajstić information content (AvgIpc) is 2.14. The van der Waals surface area contributed by atoms with E-state index in [1.165, 1.54) is 0 Å². The van der Waals surface area contributed by atoms with Crippen molar-refractivity contribution in [3.63, 3.8) is 0 Å². The summed E-state index contributed by atoms with van der Waals surface area (Å²) in [6.45, 7) is 0. The number of anilines is 1. The lowest BCUT2D eigenvalue weighted by Crippen LogP contribution is -2.12. The Morgan fingerprint density at radius 2 is 2.00 bits per heavy atom. The number of nitrogen functional groups attached to an aromatic ring is 1. The highest BCUT2D eigenvalue weighted by atomic mass is 35.5. The van der Waals surface area contributed by atoms with Crippen molar-refractivity contribution in [2.75, 3.05) is 5.43 Å². The molecule has 0 aliphatic carbocycles. The first-order chi connectivity index (χ1) is 7.27. The molecule has 0 spiro atoms. The van der Waals surface area contributed by atoms with Crippen LogP contribution in [0, 0.1) is 10.1 Å². The second-order valence-corrected chi connectivity index (χ2v) is 3.16. The maximum absolute atomic E-state index is 12.4. The Labute approximate surface area is 92.1 Å². The van der Waals surface area contributed by atoms with Gasteiger partial charge in [-0.25, -0.2) is 0 Å². The molecule has 16 heavy (non-hydrogen) atoms. The SMILES string of the molecule is NNc1cc(Cl)c(C(F)(F)F)cc1[N+](=O)[O-]. The second-order valence-electron chi connectivity index (χ2n) is 2.75. The number of rotatable bonds is 2. The van der Waals surface area contributed by atoms with Crippen molar-refractivity contribution < 1.29 is 18.1 Å². The minimum Gasteiger partial charge on any atom is -0.318 e. The zero-order chi connectivity index (χ0) is 12.5. The number of alkyl halides is 3. The Balaban J connectivity index is 3.45. The first-order valence-electron chi connectivity index (χ1n) is 3.79. The Morgan fingerprint density at radius 1 is 1.44 bits per heavy atom. The van der Waals surface area contributed by atoms with Gasteiger partial charge in [-0.05, 0) is 6.07 Å². The summed E-state index contributed by atoms with van der Waals surface area (Å²) in [5.74, 6) is 4.92. The van der Waals surface area contributed by atoms with Crippen LogP contribution >= 0.6 is 11.6 Å². The van der Waals surface area contributed by atoms with Crippen LogP contribution in [0.25, 0.3) is 0 Å². The van der Waals surface area contributed by atoms with Gasteiger partial charge in [0.15, 0.2) is 0 Å². The number of nitrogens with one attached hydrogen (secondary N) is 1. The Hall–Kier alpha value is -1.54. The van der Waals surface area contributed by atoms with Gasteiger partial charge in [0, 0.05) is 6.07 Å². The normalized spacial score (nSPS) is 11.3. The maximum Gasteiger partial charge on any atom is 0.418 e. The molecule has 0 heterocycles. The summed E-state index contributed by atoms with van der Waals surface area (Å²) in [6.07, 6.45) is -4.75. The molecule has 0 amide bonds. The monoisotopic (exact) mass is 255 g/mol. The first-order valence-corrected chi connectivity index (χ1v) is 4.17. The Bertz CT molecular complexity index is 436. The molecule has 0 saturated heterocycles. The van der Waals surface area contributed by atoms with Gasteiger partial charge < -0.3 is 5.43 Å². The molecule has 0 saturated carbocycles. The second kappa shape index (κ2) is 4.14. The van der Waals surface area contributed by atoms with Crippen molar-refractivity contribution in [2.24, 2.45) is 5.84 Å². The maximum atomic E-state index is 12.4. The summed E-state index contributed by atoms with van der Waals surface area (Å²) in [7, 11) is 0. The van der Waals surface area contributed by atoms with E-state index in [0.29, 0.717) is 6.07 Å². The molecule has 0 atom stereocenters. The largest absolute Gasteiger partial charge is 0.418 e. The molecule has 3 N–H and O–H groups in total. The topological polar surface area (TPSA) is 81.2 Å². The van der Waals surface area contributed by atoms with E-state index in [-0.39, 0.29) is 5.69 Å². The Kier molecular flexibility index (Phi) is 3.24. The fraction of sp³-hybridized carbons (Fsp3) is 0.143. The molecule has 1 rings (SSSR count). The van der Waals surface area contributed by atoms with Gasteiger partial charge in [-0.15, -0.1) is 0 Å². The van der Waals surface area contributed by atoms with Gasteiger partial charge in [-0.2, -0.15) is 13.2 Å². The van der Waals surface area contributed by atoms with Gasteiger partial charge in [-0.1, -0.05) is 11.6 Å². The number of hydrogen-bond acceptors (Lipinski definition) is 4. The predicted octanol–water partition coefficient (Wildman–Crippen LogP) is 2.55. The quantitative estimate of drug-likeness (QED) is 0.483. The number of nitro benzene ring substituents is 1. The third kappa shape index (κ3) is 2.34. The molecule has 0 aliphatic rings. The molecule has 0 aromatic heterocycles. The summed E-state index contributed by atoms with van der Waals surface area (Å²) < 4.78 is 37.1. The summed E-state index contributed by atoms with van der Waals surface area (Å²) in [5, 5.41) is 9.81. The molecule has 5 nitrogen and oxygen atoms in total. The fourth-order valence-corrected chi connectivity index (χ4v) is 1.32. The average molecular weight is 256 g/mol. The van der Waals surface area contributed by atoms with Crippen LogP contribution in [-0.4, -0.2) is 4.92 Å². The molecule has 0 unspecified atom stereocenters. The molecular formula is C7H5ClF3N3O2. The summed E-state index contributed by atoms with van der Waals surface area (Å²) in [4.78, 5) is 9.49.